The molecule has 0 aliphatic rings. The number of halogens is 3. The van der Waals surface area contributed by atoms with Crippen LogP contribution in [0.5, 0.6) is 0 Å². The first-order valence-electron chi connectivity index (χ1n) is 7.57. The van der Waals surface area contributed by atoms with Gasteiger partial charge in [-0.05, 0) is 11.6 Å². The SMILES string of the molecule is N#CCC(=O)NCc1cn2ncc(CNC(=O)CCC(F)(F)F)cc2n1. The molecule has 0 aliphatic carbocycles. The number of nitriles is 1. The molecule has 2 heterocycles. The second-order valence-electron chi connectivity index (χ2n) is 5.40. The third kappa shape index (κ3) is 6.04. The van der Waals surface area contributed by atoms with E-state index < -0.39 is 30.8 Å². The summed E-state index contributed by atoms with van der Waals surface area (Å²) in [6.07, 6.45) is -3.37. The van der Waals surface area contributed by atoms with Gasteiger partial charge >= 0.3 is 6.18 Å². The number of nitrogens with one attached hydrogen (secondary N) is 2. The van der Waals surface area contributed by atoms with Crippen LogP contribution in [0.2, 0.25) is 0 Å². The van der Waals surface area contributed by atoms with Crippen LogP contribution in [0.3, 0.4) is 0 Å². The van der Waals surface area contributed by atoms with E-state index in [0.29, 0.717) is 16.9 Å². The van der Waals surface area contributed by atoms with E-state index in [0.717, 1.165) is 0 Å². The highest BCUT2D eigenvalue weighted by molar-refractivity contribution is 5.77. The number of hydrogen-bond donors (Lipinski definition) is 2. The Morgan fingerprint density at radius 1 is 1.23 bits per heavy atom. The average molecular weight is 368 g/mol. The van der Waals surface area contributed by atoms with E-state index in [1.54, 1.807) is 18.3 Å². The van der Waals surface area contributed by atoms with Crippen LogP contribution >= 0.6 is 0 Å². The number of carbonyl (C=O) groups excluding carboxylic acids is 2. The van der Waals surface area contributed by atoms with Gasteiger partial charge in [-0.3, -0.25) is 9.59 Å². The summed E-state index contributed by atoms with van der Waals surface area (Å²) in [7, 11) is 0. The minimum atomic E-state index is -4.37. The standard InChI is InChI=1S/C15H15F3N6O2/c16-15(17,18)3-1-13(25)20-6-10-5-12-23-11(9-24(12)22-7-10)8-21-14(26)2-4-19/h5,7,9H,1-3,6,8H2,(H,20,25)(H,21,26). The molecule has 0 saturated carbocycles. The van der Waals surface area contributed by atoms with Crippen molar-refractivity contribution in [3.8, 4) is 6.07 Å². The molecule has 2 N–H and O–H groups in total. The van der Waals surface area contributed by atoms with Crippen molar-refractivity contribution in [2.45, 2.75) is 38.5 Å². The molecule has 2 rings (SSSR count). The number of aromatic nitrogens is 3. The molecule has 0 aromatic carbocycles. The van der Waals surface area contributed by atoms with Gasteiger partial charge in [-0.2, -0.15) is 23.5 Å². The van der Waals surface area contributed by atoms with E-state index in [-0.39, 0.29) is 19.5 Å². The lowest BCUT2D eigenvalue weighted by Gasteiger charge is -2.07. The van der Waals surface area contributed by atoms with Crippen LogP contribution in [0.25, 0.3) is 5.65 Å². The lowest BCUT2D eigenvalue weighted by Crippen LogP contribution is -2.24. The number of carbonyl (C=O) groups is 2. The fourth-order valence-electron chi connectivity index (χ4n) is 2.01. The number of fused-ring (bicyclic) bond motifs is 1. The van der Waals surface area contributed by atoms with Gasteiger partial charge in [0, 0.05) is 13.0 Å². The number of imidazole rings is 1. The maximum atomic E-state index is 12.1. The highest BCUT2D eigenvalue weighted by atomic mass is 19.4. The summed E-state index contributed by atoms with van der Waals surface area (Å²) in [6.45, 7) is 0.161. The first-order chi connectivity index (χ1) is 12.3. The molecule has 0 spiro atoms. The molecule has 2 aromatic rings. The lowest BCUT2D eigenvalue weighted by atomic mass is 10.2. The summed E-state index contributed by atoms with van der Waals surface area (Å²) < 4.78 is 37.7. The Hall–Kier alpha value is -3.16. The molecular weight excluding hydrogens is 353 g/mol. The lowest BCUT2D eigenvalue weighted by molar-refractivity contribution is -0.144. The maximum Gasteiger partial charge on any atom is 0.389 e. The van der Waals surface area contributed by atoms with E-state index in [1.165, 1.54) is 10.7 Å². The molecule has 11 heteroatoms. The van der Waals surface area contributed by atoms with Gasteiger partial charge in [-0.15, -0.1) is 0 Å². The molecule has 26 heavy (non-hydrogen) atoms. The highest BCUT2D eigenvalue weighted by Crippen LogP contribution is 2.21. The topological polar surface area (TPSA) is 112 Å². The molecule has 2 aromatic heterocycles. The van der Waals surface area contributed by atoms with Crippen LogP contribution in [-0.2, 0) is 22.7 Å². The Kier molecular flexibility index (Phi) is 6.11. The summed E-state index contributed by atoms with van der Waals surface area (Å²) in [5.74, 6) is -1.12. The van der Waals surface area contributed by atoms with Crippen molar-refractivity contribution in [3.63, 3.8) is 0 Å². The second kappa shape index (κ2) is 8.28. The first kappa shape index (κ1) is 19.2. The number of amides is 2. The van der Waals surface area contributed by atoms with Gasteiger partial charge in [0.1, 0.15) is 6.42 Å². The fraction of sp³-hybridized carbons (Fsp3) is 0.400. The monoisotopic (exact) mass is 368 g/mol. The Morgan fingerprint density at radius 2 is 1.96 bits per heavy atom. The zero-order chi connectivity index (χ0) is 19.2. The normalized spacial score (nSPS) is 11.2. The Morgan fingerprint density at radius 3 is 2.65 bits per heavy atom. The van der Waals surface area contributed by atoms with Crippen molar-refractivity contribution in [2.24, 2.45) is 0 Å². The van der Waals surface area contributed by atoms with Crippen LogP contribution in [-0.4, -0.2) is 32.6 Å². The Balaban J connectivity index is 1.91. The number of alkyl halides is 3. The van der Waals surface area contributed by atoms with Gasteiger partial charge in [0.15, 0.2) is 5.65 Å². The molecule has 0 radical (unpaired) electrons. The van der Waals surface area contributed by atoms with Crippen molar-refractivity contribution >= 4 is 17.5 Å². The van der Waals surface area contributed by atoms with Crippen molar-refractivity contribution < 1.29 is 22.8 Å². The largest absolute Gasteiger partial charge is 0.389 e. The van der Waals surface area contributed by atoms with Crippen LogP contribution in [0, 0.1) is 11.3 Å². The van der Waals surface area contributed by atoms with Crippen LogP contribution in [0.15, 0.2) is 18.5 Å². The molecular formula is C15H15F3N6O2. The zero-order valence-electron chi connectivity index (χ0n) is 13.5. The van der Waals surface area contributed by atoms with Gasteiger partial charge in [0.25, 0.3) is 0 Å². The van der Waals surface area contributed by atoms with E-state index in [4.69, 9.17) is 5.26 Å². The van der Waals surface area contributed by atoms with Crippen molar-refractivity contribution in [1.82, 2.24) is 25.2 Å². The van der Waals surface area contributed by atoms with Crippen molar-refractivity contribution in [1.29, 1.82) is 5.26 Å². The quantitative estimate of drug-likeness (QED) is 0.763. The summed E-state index contributed by atoms with van der Waals surface area (Å²) in [5.41, 5.74) is 1.55. The molecule has 0 aliphatic heterocycles. The molecule has 138 valence electrons. The van der Waals surface area contributed by atoms with Gasteiger partial charge in [0.2, 0.25) is 11.8 Å². The maximum absolute atomic E-state index is 12.1. The Labute approximate surface area is 146 Å². The average Bonchev–Trinajstić information content (AvgIpc) is 2.98. The van der Waals surface area contributed by atoms with Crippen LogP contribution in [0.1, 0.15) is 30.5 Å². The summed E-state index contributed by atoms with van der Waals surface area (Å²) in [5, 5.41) is 17.4. The summed E-state index contributed by atoms with van der Waals surface area (Å²) in [6, 6.07) is 3.35. The van der Waals surface area contributed by atoms with E-state index in [9.17, 15) is 22.8 Å². The number of hydrogen-bond acceptors (Lipinski definition) is 5. The first-order valence-corrected chi connectivity index (χ1v) is 7.57. The molecule has 0 bridgehead atoms. The minimum absolute atomic E-state index is 0.0291. The smallest absolute Gasteiger partial charge is 0.352 e. The predicted octanol–water partition coefficient (Wildman–Crippen LogP) is 1.22. The third-order valence-corrected chi connectivity index (χ3v) is 3.26. The molecule has 0 atom stereocenters. The fourth-order valence-corrected chi connectivity index (χ4v) is 2.01. The van der Waals surface area contributed by atoms with Crippen molar-refractivity contribution in [3.05, 3.63) is 29.7 Å². The van der Waals surface area contributed by atoms with E-state index in [1.807, 2.05) is 0 Å². The van der Waals surface area contributed by atoms with Gasteiger partial charge < -0.3 is 10.6 Å². The van der Waals surface area contributed by atoms with E-state index >= 15 is 0 Å². The molecule has 0 fully saturated rings. The highest BCUT2D eigenvalue weighted by Gasteiger charge is 2.27. The number of nitrogens with zero attached hydrogens (tertiary/aromatic N) is 4. The van der Waals surface area contributed by atoms with Crippen LogP contribution in [0.4, 0.5) is 13.2 Å². The minimum Gasteiger partial charge on any atom is -0.352 e. The molecule has 2 amide bonds. The predicted molar refractivity (Wildman–Crippen MR) is 82.2 cm³/mol. The van der Waals surface area contributed by atoms with Gasteiger partial charge in [-0.25, -0.2) is 9.50 Å². The van der Waals surface area contributed by atoms with Gasteiger partial charge in [0.05, 0.1) is 37.1 Å². The van der Waals surface area contributed by atoms with Crippen molar-refractivity contribution in [2.75, 3.05) is 0 Å². The zero-order valence-corrected chi connectivity index (χ0v) is 13.5. The van der Waals surface area contributed by atoms with Crippen LogP contribution < -0.4 is 10.6 Å². The van der Waals surface area contributed by atoms with E-state index in [2.05, 4.69) is 20.7 Å². The Bertz CT molecular complexity index is 840. The molecule has 0 saturated heterocycles. The van der Waals surface area contributed by atoms with Gasteiger partial charge in [-0.1, -0.05) is 0 Å². The second-order valence-corrected chi connectivity index (χ2v) is 5.40. The summed E-state index contributed by atoms with van der Waals surface area (Å²) >= 11 is 0. The molecule has 8 nitrogen and oxygen atoms in total. The summed E-state index contributed by atoms with van der Waals surface area (Å²) in [4.78, 5) is 26.9. The number of rotatable bonds is 7. The third-order valence-electron chi connectivity index (χ3n) is 3.26. The molecule has 0 unspecified atom stereocenters.